The van der Waals surface area contributed by atoms with Gasteiger partial charge in [-0.15, -0.1) is 0 Å². The van der Waals surface area contributed by atoms with E-state index in [1.54, 1.807) is 49.6 Å². The fourth-order valence-corrected chi connectivity index (χ4v) is 4.34. The lowest BCUT2D eigenvalue weighted by atomic mass is 10.0. The number of carbonyl (C=O) groups is 2. The standard InChI is InChI=1S/C26H21FN2O3/c1-32-20-12-10-18(11-13-20)23-24(28-15-14-17-6-3-5-9-22(17)28)26(31)29(25(23)30)16-19-7-2-4-8-21(19)27/h2-13H,14-16H2,1H3. The Balaban J connectivity index is 1.61. The van der Waals surface area contributed by atoms with Crippen molar-refractivity contribution in [1.82, 2.24) is 4.90 Å². The minimum Gasteiger partial charge on any atom is -0.497 e. The van der Waals surface area contributed by atoms with Gasteiger partial charge in [-0.05, 0) is 41.8 Å². The molecule has 0 saturated heterocycles. The van der Waals surface area contributed by atoms with E-state index in [4.69, 9.17) is 4.74 Å². The normalized spacial score (nSPS) is 15.6. The second kappa shape index (κ2) is 7.96. The number of rotatable bonds is 5. The van der Waals surface area contributed by atoms with Crippen LogP contribution in [0.5, 0.6) is 5.75 Å². The second-order valence-electron chi connectivity index (χ2n) is 7.77. The Morgan fingerprint density at radius 3 is 2.38 bits per heavy atom. The third kappa shape index (κ3) is 3.24. The molecule has 6 heteroatoms. The molecule has 5 rings (SSSR count). The summed E-state index contributed by atoms with van der Waals surface area (Å²) < 4.78 is 19.5. The summed E-state index contributed by atoms with van der Waals surface area (Å²) in [6.07, 6.45) is 0.782. The summed E-state index contributed by atoms with van der Waals surface area (Å²) in [4.78, 5) is 30.2. The van der Waals surface area contributed by atoms with Crippen molar-refractivity contribution in [1.29, 1.82) is 0 Å². The first-order chi connectivity index (χ1) is 15.6. The largest absolute Gasteiger partial charge is 0.497 e. The van der Waals surface area contributed by atoms with Crippen LogP contribution in [0.25, 0.3) is 5.57 Å². The van der Waals surface area contributed by atoms with Crippen LogP contribution in [-0.2, 0) is 22.6 Å². The molecule has 0 fully saturated rings. The molecule has 0 unspecified atom stereocenters. The van der Waals surface area contributed by atoms with Crippen molar-refractivity contribution in [2.75, 3.05) is 18.6 Å². The van der Waals surface area contributed by atoms with E-state index in [1.807, 2.05) is 29.2 Å². The number of hydrogen-bond donors (Lipinski definition) is 0. The quantitative estimate of drug-likeness (QED) is 0.572. The molecule has 2 aliphatic rings. The molecule has 5 nitrogen and oxygen atoms in total. The van der Waals surface area contributed by atoms with Crippen LogP contribution in [-0.4, -0.2) is 30.4 Å². The van der Waals surface area contributed by atoms with Crippen LogP contribution in [0.2, 0.25) is 0 Å². The molecule has 0 atom stereocenters. The summed E-state index contributed by atoms with van der Waals surface area (Å²) >= 11 is 0. The lowest BCUT2D eigenvalue weighted by Gasteiger charge is -2.22. The van der Waals surface area contributed by atoms with Gasteiger partial charge in [0.1, 0.15) is 17.3 Å². The van der Waals surface area contributed by atoms with Gasteiger partial charge in [0.15, 0.2) is 0 Å². The topological polar surface area (TPSA) is 49.9 Å². The van der Waals surface area contributed by atoms with Crippen LogP contribution in [0.1, 0.15) is 16.7 Å². The van der Waals surface area contributed by atoms with E-state index in [2.05, 4.69) is 0 Å². The van der Waals surface area contributed by atoms with Crippen LogP contribution < -0.4 is 9.64 Å². The smallest absolute Gasteiger partial charge is 0.278 e. The molecule has 0 radical (unpaired) electrons. The fraction of sp³-hybridized carbons (Fsp3) is 0.154. The summed E-state index contributed by atoms with van der Waals surface area (Å²) in [7, 11) is 1.57. The number of ether oxygens (including phenoxy) is 1. The number of carbonyl (C=O) groups excluding carboxylic acids is 2. The maximum atomic E-state index is 14.3. The molecule has 0 aliphatic carbocycles. The molecule has 3 aromatic rings. The molecule has 2 aliphatic heterocycles. The van der Waals surface area contributed by atoms with E-state index in [-0.39, 0.29) is 6.54 Å². The molecule has 0 N–H and O–H groups in total. The van der Waals surface area contributed by atoms with Gasteiger partial charge < -0.3 is 9.64 Å². The van der Waals surface area contributed by atoms with Crippen LogP contribution >= 0.6 is 0 Å². The van der Waals surface area contributed by atoms with Gasteiger partial charge in [-0.25, -0.2) is 4.39 Å². The summed E-state index contributed by atoms with van der Waals surface area (Å²) in [6.45, 7) is 0.476. The van der Waals surface area contributed by atoms with Crippen molar-refractivity contribution in [2.45, 2.75) is 13.0 Å². The van der Waals surface area contributed by atoms with Gasteiger partial charge in [0.2, 0.25) is 0 Å². The number of imide groups is 1. The predicted octanol–water partition coefficient (Wildman–Crippen LogP) is 4.18. The molecule has 2 amide bonds. The van der Waals surface area contributed by atoms with Crippen molar-refractivity contribution in [2.24, 2.45) is 0 Å². The Morgan fingerprint density at radius 1 is 0.906 bits per heavy atom. The molecule has 2 heterocycles. The van der Waals surface area contributed by atoms with E-state index >= 15 is 0 Å². The zero-order valence-corrected chi connectivity index (χ0v) is 17.5. The molecule has 0 saturated carbocycles. The van der Waals surface area contributed by atoms with Crippen molar-refractivity contribution in [3.05, 3.63) is 101 Å². The van der Waals surface area contributed by atoms with E-state index in [0.29, 0.717) is 34.7 Å². The maximum Gasteiger partial charge on any atom is 0.278 e. The highest BCUT2D eigenvalue weighted by molar-refractivity contribution is 6.36. The Bertz CT molecular complexity index is 1250. The minimum absolute atomic E-state index is 0.122. The minimum atomic E-state index is -0.445. The van der Waals surface area contributed by atoms with Crippen LogP contribution in [0.3, 0.4) is 0 Å². The summed E-state index contributed by atoms with van der Waals surface area (Å²) in [5.74, 6) is -0.634. The summed E-state index contributed by atoms with van der Waals surface area (Å²) in [6, 6.07) is 21.1. The lowest BCUT2D eigenvalue weighted by molar-refractivity contribution is -0.137. The van der Waals surface area contributed by atoms with Crippen LogP contribution in [0.4, 0.5) is 10.1 Å². The number of amides is 2. The number of hydrogen-bond acceptors (Lipinski definition) is 4. The molecular weight excluding hydrogens is 407 g/mol. The van der Waals surface area contributed by atoms with Gasteiger partial charge in [0.25, 0.3) is 11.8 Å². The summed E-state index contributed by atoms with van der Waals surface area (Å²) in [5.41, 5.74) is 3.63. The highest BCUT2D eigenvalue weighted by Crippen LogP contribution is 2.39. The summed E-state index contributed by atoms with van der Waals surface area (Å²) in [5, 5.41) is 0. The SMILES string of the molecule is COc1ccc(C2=C(N3CCc4ccccc43)C(=O)N(Cc3ccccc3F)C2=O)cc1. The lowest BCUT2D eigenvalue weighted by Crippen LogP contribution is -2.34. The van der Waals surface area contributed by atoms with E-state index in [9.17, 15) is 14.0 Å². The van der Waals surface area contributed by atoms with Crippen LogP contribution in [0.15, 0.2) is 78.5 Å². The van der Waals surface area contributed by atoms with Gasteiger partial charge in [-0.3, -0.25) is 14.5 Å². The molecule has 160 valence electrons. The van der Waals surface area contributed by atoms with Crippen molar-refractivity contribution < 1.29 is 18.7 Å². The monoisotopic (exact) mass is 428 g/mol. The van der Waals surface area contributed by atoms with E-state index < -0.39 is 17.6 Å². The average molecular weight is 428 g/mol. The number of para-hydroxylation sites is 1. The number of methoxy groups -OCH3 is 1. The van der Waals surface area contributed by atoms with Gasteiger partial charge in [-0.1, -0.05) is 48.5 Å². The van der Waals surface area contributed by atoms with Gasteiger partial charge in [-0.2, -0.15) is 0 Å². The zero-order chi connectivity index (χ0) is 22.2. The average Bonchev–Trinajstić information content (AvgIpc) is 3.34. The Morgan fingerprint density at radius 2 is 1.62 bits per heavy atom. The number of benzene rings is 3. The molecule has 3 aromatic carbocycles. The highest BCUT2D eigenvalue weighted by Gasteiger charge is 2.43. The first-order valence-corrected chi connectivity index (χ1v) is 10.4. The number of halogens is 1. The van der Waals surface area contributed by atoms with Gasteiger partial charge >= 0.3 is 0 Å². The van der Waals surface area contributed by atoms with Crippen molar-refractivity contribution in [3.63, 3.8) is 0 Å². The number of nitrogens with zero attached hydrogens (tertiary/aromatic N) is 2. The van der Waals surface area contributed by atoms with E-state index in [0.717, 1.165) is 22.6 Å². The number of fused-ring (bicyclic) bond motifs is 1. The zero-order valence-electron chi connectivity index (χ0n) is 17.5. The Hall–Kier alpha value is -3.93. The first-order valence-electron chi connectivity index (χ1n) is 10.4. The first kappa shape index (κ1) is 20.0. The molecule has 0 spiro atoms. The second-order valence-corrected chi connectivity index (χ2v) is 7.77. The molecule has 32 heavy (non-hydrogen) atoms. The molecule has 0 aromatic heterocycles. The van der Waals surface area contributed by atoms with E-state index in [1.165, 1.54) is 6.07 Å². The fourth-order valence-electron chi connectivity index (χ4n) is 4.34. The van der Waals surface area contributed by atoms with Crippen molar-refractivity contribution >= 4 is 23.1 Å². The van der Waals surface area contributed by atoms with Gasteiger partial charge in [0, 0.05) is 17.8 Å². The third-order valence-corrected chi connectivity index (χ3v) is 5.97. The predicted molar refractivity (Wildman–Crippen MR) is 119 cm³/mol. The van der Waals surface area contributed by atoms with Crippen LogP contribution in [0, 0.1) is 5.82 Å². The number of anilines is 1. The molecular formula is C26H21FN2O3. The maximum absolute atomic E-state index is 14.3. The van der Waals surface area contributed by atoms with Crippen molar-refractivity contribution in [3.8, 4) is 5.75 Å². The highest BCUT2D eigenvalue weighted by atomic mass is 19.1. The van der Waals surface area contributed by atoms with Gasteiger partial charge in [0.05, 0.1) is 19.2 Å². The molecule has 0 bridgehead atoms. The Labute approximate surface area is 185 Å². The third-order valence-electron chi connectivity index (χ3n) is 5.97. The Kier molecular flexibility index (Phi) is 4.98.